The summed E-state index contributed by atoms with van der Waals surface area (Å²) in [5.74, 6) is 1.19. The maximum absolute atomic E-state index is 13.2. The summed E-state index contributed by atoms with van der Waals surface area (Å²) in [6.07, 6.45) is 0.870. The SMILES string of the molecule is COc1ccc(SCC(=O)N(CCCN(C)C)c2nc3c(C)ccc(Cl)c3s2)cc1. The standard InChI is InChI=1S/C22H26ClN3O2S2/c1-15-6-11-18(23)21-20(15)24-22(30-21)26(13-5-12-25(2)3)19(27)14-29-17-9-7-16(28-4)8-10-17/h6-11H,5,12-14H2,1-4H3. The second-order valence-electron chi connectivity index (χ2n) is 7.20. The van der Waals surface area contributed by atoms with Crippen LogP contribution in [0, 0.1) is 6.92 Å². The van der Waals surface area contributed by atoms with E-state index in [1.807, 2.05) is 57.4 Å². The zero-order valence-corrected chi connectivity index (χ0v) is 20.0. The first-order chi connectivity index (χ1) is 14.4. The maximum atomic E-state index is 13.2. The molecule has 160 valence electrons. The lowest BCUT2D eigenvalue weighted by molar-refractivity contribution is -0.116. The second-order valence-corrected chi connectivity index (χ2v) is 9.64. The predicted octanol–water partition coefficient (Wildman–Crippen LogP) is 5.34. The molecular weight excluding hydrogens is 438 g/mol. The molecule has 0 spiro atoms. The van der Waals surface area contributed by atoms with Crippen LogP contribution in [0.15, 0.2) is 41.3 Å². The molecule has 30 heavy (non-hydrogen) atoms. The van der Waals surface area contributed by atoms with Crippen molar-refractivity contribution in [2.45, 2.75) is 18.2 Å². The number of carbonyl (C=O) groups is 1. The summed E-state index contributed by atoms with van der Waals surface area (Å²) in [7, 11) is 5.71. The summed E-state index contributed by atoms with van der Waals surface area (Å²) in [5, 5.41) is 1.38. The first kappa shape index (κ1) is 22.9. The average molecular weight is 464 g/mol. The normalized spacial score (nSPS) is 11.3. The van der Waals surface area contributed by atoms with Crippen molar-refractivity contribution in [3.8, 4) is 5.75 Å². The third-order valence-corrected chi connectivity index (χ3v) is 7.16. The Morgan fingerprint density at radius 1 is 1.17 bits per heavy atom. The van der Waals surface area contributed by atoms with Crippen LogP contribution in [0.3, 0.4) is 0 Å². The molecule has 1 aromatic heterocycles. The quantitative estimate of drug-likeness (QED) is 0.400. The van der Waals surface area contributed by atoms with Gasteiger partial charge in [-0.1, -0.05) is 29.0 Å². The van der Waals surface area contributed by atoms with Crippen molar-refractivity contribution < 1.29 is 9.53 Å². The molecule has 0 fully saturated rings. The molecule has 0 saturated heterocycles. The lowest BCUT2D eigenvalue weighted by Gasteiger charge is -2.21. The van der Waals surface area contributed by atoms with Crippen LogP contribution in [-0.2, 0) is 4.79 Å². The molecular formula is C22H26ClN3O2S2. The number of anilines is 1. The summed E-state index contributed by atoms with van der Waals surface area (Å²) in [6.45, 7) is 3.54. The number of benzene rings is 2. The van der Waals surface area contributed by atoms with Crippen molar-refractivity contribution >= 4 is 56.0 Å². The molecule has 0 atom stereocenters. The smallest absolute Gasteiger partial charge is 0.239 e. The molecule has 2 aromatic carbocycles. The Bertz CT molecular complexity index is 967. The molecule has 0 N–H and O–H groups in total. The third kappa shape index (κ3) is 5.66. The van der Waals surface area contributed by atoms with E-state index in [0.717, 1.165) is 39.4 Å². The number of rotatable bonds is 9. The maximum Gasteiger partial charge on any atom is 0.239 e. The van der Waals surface area contributed by atoms with Crippen molar-refractivity contribution in [1.82, 2.24) is 9.88 Å². The summed E-state index contributed by atoms with van der Waals surface area (Å²) in [4.78, 5) is 22.9. The zero-order chi connectivity index (χ0) is 21.7. The van der Waals surface area contributed by atoms with Crippen molar-refractivity contribution in [3.05, 3.63) is 47.0 Å². The fourth-order valence-corrected chi connectivity index (χ4v) is 5.11. The first-order valence-electron chi connectivity index (χ1n) is 9.66. The molecule has 0 aliphatic rings. The highest BCUT2D eigenvalue weighted by Gasteiger charge is 2.21. The van der Waals surface area contributed by atoms with Crippen LogP contribution in [-0.4, -0.2) is 55.8 Å². The van der Waals surface area contributed by atoms with E-state index in [1.54, 1.807) is 12.0 Å². The number of halogens is 1. The van der Waals surface area contributed by atoms with E-state index in [1.165, 1.54) is 23.1 Å². The van der Waals surface area contributed by atoms with Crippen molar-refractivity contribution in [3.63, 3.8) is 0 Å². The van der Waals surface area contributed by atoms with Crippen molar-refractivity contribution in [2.24, 2.45) is 0 Å². The number of hydrogen-bond acceptors (Lipinski definition) is 6. The molecule has 5 nitrogen and oxygen atoms in total. The largest absolute Gasteiger partial charge is 0.497 e. The molecule has 3 rings (SSSR count). The minimum Gasteiger partial charge on any atom is -0.497 e. The topological polar surface area (TPSA) is 45.7 Å². The Morgan fingerprint density at radius 3 is 2.53 bits per heavy atom. The van der Waals surface area contributed by atoms with E-state index < -0.39 is 0 Å². The zero-order valence-electron chi connectivity index (χ0n) is 17.6. The van der Waals surface area contributed by atoms with Gasteiger partial charge in [0.05, 0.1) is 28.1 Å². The molecule has 0 aliphatic heterocycles. The van der Waals surface area contributed by atoms with Crippen LogP contribution in [0.5, 0.6) is 5.75 Å². The van der Waals surface area contributed by atoms with Gasteiger partial charge in [-0.05, 0) is 69.9 Å². The monoisotopic (exact) mass is 463 g/mol. The fourth-order valence-electron chi connectivity index (χ4n) is 2.97. The molecule has 0 bridgehead atoms. The highest BCUT2D eigenvalue weighted by atomic mass is 35.5. The lowest BCUT2D eigenvalue weighted by atomic mass is 10.2. The third-order valence-electron chi connectivity index (χ3n) is 4.63. The Hall–Kier alpha value is -1.80. The van der Waals surface area contributed by atoms with Crippen molar-refractivity contribution in [2.75, 3.05) is 44.9 Å². The van der Waals surface area contributed by atoms with Gasteiger partial charge in [-0.3, -0.25) is 9.69 Å². The van der Waals surface area contributed by atoms with Crippen molar-refractivity contribution in [1.29, 1.82) is 0 Å². The number of aryl methyl sites for hydroxylation is 1. The lowest BCUT2D eigenvalue weighted by Crippen LogP contribution is -2.34. The van der Waals surface area contributed by atoms with Gasteiger partial charge >= 0.3 is 0 Å². The molecule has 0 saturated carbocycles. The predicted molar refractivity (Wildman–Crippen MR) is 129 cm³/mol. The van der Waals surface area contributed by atoms with Gasteiger partial charge in [0.25, 0.3) is 0 Å². The Labute approximate surface area is 191 Å². The number of fused-ring (bicyclic) bond motifs is 1. The minimum atomic E-state index is 0.0439. The molecule has 3 aromatic rings. The van der Waals surface area contributed by atoms with E-state index >= 15 is 0 Å². The highest BCUT2D eigenvalue weighted by molar-refractivity contribution is 8.00. The van der Waals surface area contributed by atoms with E-state index in [-0.39, 0.29) is 5.91 Å². The van der Waals surface area contributed by atoms with Gasteiger partial charge in [0.15, 0.2) is 5.13 Å². The van der Waals surface area contributed by atoms with E-state index in [9.17, 15) is 4.79 Å². The Balaban J connectivity index is 1.79. The number of hydrogen-bond donors (Lipinski definition) is 0. The summed E-state index contributed by atoms with van der Waals surface area (Å²) < 4.78 is 6.13. The minimum absolute atomic E-state index is 0.0439. The number of carbonyl (C=O) groups excluding carboxylic acids is 1. The number of thioether (sulfide) groups is 1. The van der Waals surface area contributed by atoms with E-state index in [0.29, 0.717) is 22.5 Å². The van der Waals surface area contributed by atoms with Gasteiger partial charge in [-0.25, -0.2) is 4.98 Å². The summed E-state index contributed by atoms with van der Waals surface area (Å²) >= 11 is 9.38. The number of amides is 1. The number of aromatic nitrogens is 1. The number of thiazole rings is 1. The molecule has 1 amide bonds. The number of methoxy groups -OCH3 is 1. The van der Waals surface area contributed by atoms with Crippen LogP contribution in [0.25, 0.3) is 10.2 Å². The first-order valence-corrected chi connectivity index (χ1v) is 11.8. The molecule has 0 unspecified atom stereocenters. The van der Waals surface area contributed by atoms with E-state index in [4.69, 9.17) is 21.3 Å². The van der Waals surface area contributed by atoms with Gasteiger partial charge < -0.3 is 9.64 Å². The van der Waals surface area contributed by atoms with Gasteiger partial charge in [-0.2, -0.15) is 0 Å². The molecule has 0 aliphatic carbocycles. The number of nitrogens with zero attached hydrogens (tertiary/aromatic N) is 3. The van der Waals surface area contributed by atoms with Crippen LogP contribution < -0.4 is 9.64 Å². The fraction of sp³-hybridized carbons (Fsp3) is 0.364. The van der Waals surface area contributed by atoms with Crippen LogP contribution in [0.2, 0.25) is 5.02 Å². The van der Waals surface area contributed by atoms with Gasteiger partial charge in [-0.15, -0.1) is 11.8 Å². The number of ether oxygens (including phenoxy) is 1. The van der Waals surface area contributed by atoms with Gasteiger partial charge in [0.2, 0.25) is 5.91 Å². The molecule has 0 radical (unpaired) electrons. The van der Waals surface area contributed by atoms with Gasteiger partial charge in [0, 0.05) is 11.4 Å². The second kappa shape index (κ2) is 10.5. The average Bonchev–Trinajstić information content (AvgIpc) is 3.19. The summed E-state index contributed by atoms with van der Waals surface area (Å²) in [6, 6.07) is 11.6. The van der Waals surface area contributed by atoms with Crippen LogP contribution in [0.1, 0.15) is 12.0 Å². The molecule has 8 heteroatoms. The Morgan fingerprint density at radius 2 is 1.90 bits per heavy atom. The Kier molecular flexibility index (Phi) is 7.99. The summed E-state index contributed by atoms with van der Waals surface area (Å²) in [5.41, 5.74) is 1.93. The van der Waals surface area contributed by atoms with Crippen LogP contribution in [0.4, 0.5) is 5.13 Å². The highest BCUT2D eigenvalue weighted by Crippen LogP contribution is 2.36. The van der Waals surface area contributed by atoms with Gasteiger partial charge in [0.1, 0.15) is 5.75 Å². The van der Waals surface area contributed by atoms with E-state index in [2.05, 4.69) is 4.90 Å². The molecule has 1 heterocycles. The van der Waals surface area contributed by atoms with Crippen LogP contribution >= 0.6 is 34.7 Å².